The normalized spacial score (nSPS) is 14.8. The smallest absolute Gasteiger partial charge is 0.324 e. The summed E-state index contributed by atoms with van der Waals surface area (Å²) in [5.74, 6) is -1.18. The molecule has 1 unspecified atom stereocenters. The highest BCUT2D eigenvalue weighted by molar-refractivity contribution is 8.00. The molecule has 1 atom stereocenters. The maximum absolute atomic E-state index is 12.7. The molecule has 6 nitrogen and oxygen atoms in total. The Bertz CT molecular complexity index is 823. The van der Waals surface area contributed by atoms with E-state index in [0.717, 1.165) is 36.1 Å². The van der Waals surface area contributed by atoms with Crippen molar-refractivity contribution in [2.45, 2.75) is 41.9 Å². The molecule has 0 spiro atoms. The van der Waals surface area contributed by atoms with Crippen molar-refractivity contribution in [2.24, 2.45) is 0 Å². The third kappa shape index (κ3) is 6.64. The lowest BCUT2D eigenvalue weighted by atomic mass is 10.1. The molecule has 0 aromatic heterocycles. The Hall–Kier alpha value is -2.80. The average molecular weight is 413 g/mol. The first-order chi connectivity index (χ1) is 14.1. The van der Waals surface area contributed by atoms with Crippen molar-refractivity contribution in [3.05, 3.63) is 66.2 Å². The summed E-state index contributed by atoms with van der Waals surface area (Å²) < 4.78 is 5.21. The largest absolute Gasteiger partial charge is 0.454 e. The Balaban J connectivity index is 1.55. The summed E-state index contributed by atoms with van der Waals surface area (Å²) in [5.41, 5.74) is 0.783. The number of amides is 3. The molecule has 2 aromatic carbocycles. The lowest BCUT2D eigenvalue weighted by Gasteiger charge is -2.16. The Morgan fingerprint density at radius 2 is 1.59 bits per heavy atom. The summed E-state index contributed by atoms with van der Waals surface area (Å²) in [6.45, 7) is -0.504. The van der Waals surface area contributed by atoms with Crippen molar-refractivity contribution in [2.75, 3.05) is 6.61 Å². The van der Waals surface area contributed by atoms with Gasteiger partial charge in [0.05, 0.1) is 0 Å². The van der Waals surface area contributed by atoms with E-state index in [2.05, 4.69) is 10.6 Å². The number of carbonyl (C=O) groups excluding carboxylic acids is 3. The van der Waals surface area contributed by atoms with Crippen LogP contribution in [0.25, 0.3) is 0 Å². The van der Waals surface area contributed by atoms with Gasteiger partial charge < -0.3 is 10.1 Å². The Kier molecular flexibility index (Phi) is 7.69. The quantitative estimate of drug-likeness (QED) is 0.533. The van der Waals surface area contributed by atoms with Crippen molar-refractivity contribution in [1.29, 1.82) is 0 Å². The minimum Gasteiger partial charge on any atom is -0.454 e. The van der Waals surface area contributed by atoms with Gasteiger partial charge in [0.1, 0.15) is 5.25 Å². The van der Waals surface area contributed by atoms with Crippen LogP contribution in [0.3, 0.4) is 0 Å². The number of nitrogens with one attached hydrogen (secondary N) is 2. The Labute approximate surface area is 174 Å². The molecule has 29 heavy (non-hydrogen) atoms. The van der Waals surface area contributed by atoms with E-state index in [9.17, 15) is 14.4 Å². The van der Waals surface area contributed by atoms with Crippen molar-refractivity contribution < 1.29 is 19.1 Å². The first-order valence-electron chi connectivity index (χ1n) is 9.65. The van der Waals surface area contributed by atoms with E-state index < -0.39 is 29.8 Å². The minimum atomic E-state index is -0.648. The van der Waals surface area contributed by atoms with Crippen LogP contribution in [0.5, 0.6) is 0 Å². The molecule has 0 bridgehead atoms. The van der Waals surface area contributed by atoms with Gasteiger partial charge in [0.2, 0.25) is 0 Å². The molecule has 2 N–H and O–H groups in total. The third-order valence-corrected chi connectivity index (χ3v) is 5.85. The van der Waals surface area contributed by atoms with Gasteiger partial charge in [-0.1, -0.05) is 61.4 Å². The summed E-state index contributed by atoms with van der Waals surface area (Å²) >= 11 is 1.35. The van der Waals surface area contributed by atoms with Gasteiger partial charge in [-0.3, -0.25) is 14.9 Å². The highest BCUT2D eigenvalue weighted by atomic mass is 32.2. The SMILES string of the molecule is O=C(COC(=O)C(Sc1ccccc1)c1ccccc1)NC(=O)NC1CCCC1. The second-order valence-corrected chi connectivity index (χ2v) is 8.01. The lowest BCUT2D eigenvalue weighted by molar-refractivity contribution is -0.147. The second-order valence-electron chi connectivity index (χ2n) is 6.83. The molecule has 0 radical (unpaired) electrons. The topological polar surface area (TPSA) is 84.5 Å². The van der Waals surface area contributed by atoms with Gasteiger partial charge in [-0.05, 0) is 30.5 Å². The van der Waals surface area contributed by atoms with Crippen LogP contribution in [0.2, 0.25) is 0 Å². The zero-order chi connectivity index (χ0) is 20.5. The van der Waals surface area contributed by atoms with Crippen LogP contribution in [0.15, 0.2) is 65.6 Å². The number of hydrogen-bond donors (Lipinski definition) is 2. The van der Waals surface area contributed by atoms with Crippen molar-refractivity contribution in [1.82, 2.24) is 10.6 Å². The molecule has 1 aliphatic carbocycles. The van der Waals surface area contributed by atoms with Crippen LogP contribution in [-0.4, -0.2) is 30.6 Å². The van der Waals surface area contributed by atoms with Crippen molar-refractivity contribution >= 4 is 29.7 Å². The molecule has 3 amide bonds. The van der Waals surface area contributed by atoms with Gasteiger partial charge in [0.15, 0.2) is 6.61 Å². The highest BCUT2D eigenvalue weighted by Crippen LogP contribution is 2.36. The zero-order valence-electron chi connectivity index (χ0n) is 16.0. The fourth-order valence-corrected chi connectivity index (χ4v) is 4.23. The first kappa shape index (κ1) is 20.9. The molecule has 1 aliphatic rings. The number of rotatable bonds is 7. The van der Waals surface area contributed by atoms with E-state index in [4.69, 9.17) is 4.74 Å². The van der Waals surface area contributed by atoms with Crippen LogP contribution in [0, 0.1) is 0 Å². The summed E-state index contributed by atoms with van der Waals surface area (Å²) in [7, 11) is 0. The van der Waals surface area contributed by atoms with Gasteiger partial charge in [-0.25, -0.2) is 4.79 Å². The third-order valence-electron chi connectivity index (χ3n) is 4.60. The maximum atomic E-state index is 12.7. The van der Waals surface area contributed by atoms with Crippen LogP contribution in [0.4, 0.5) is 4.79 Å². The second kappa shape index (κ2) is 10.7. The van der Waals surface area contributed by atoms with E-state index in [1.54, 1.807) is 0 Å². The molecule has 3 rings (SSSR count). The van der Waals surface area contributed by atoms with E-state index in [0.29, 0.717) is 0 Å². The molecule has 0 aliphatic heterocycles. The van der Waals surface area contributed by atoms with Crippen molar-refractivity contribution in [3.63, 3.8) is 0 Å². The number of urea groups is 1. The van der Waals surface area contributed by atoms with Gasteiger partial charge in [-0.15, -0.1) is 11.8 Å². The monoisotopic (exact) mass is 412 g/mol. The Morgan fingerprint density at radius 3 is 2.24 bits per heavy atom. The van der Waals surface area contributed by atoms with Crippen LogP contribution in [0.1, 0.15) is 36.5 Å². The fourth-order valence-electron chi connectivity index (χ4n) is 3.18. The minimum absolute atomic E-state index is 0.107. The summed E-state index contributed by atoms with van der Waals surface area (Å²) in [6, 6.07) is 18.3. The van der Waals surface area contributed by atoms with Crippen LogP contribution < -0.4 is 10.6 Å². The van der Waals surface area contributed by atoms with Gasteiger partial charge in [0, 0.05) is 10.9 Å². The van der Waals surface area contributed by atoms with E-state index >= 15 is 0 Å². The zero-order valence-corrected chi connectivity index (χ0v) is 16.8. The van der Waals surface area contributed by atoms with E-state index in [1.807, 2.05) is 60.7 Å². The first-order valence-corrected chi connectivity index (χ1v) is 10.5. The number of hydrogen-bond acceptors (Lipinski definition) is 5. The van der Waals surface area contributed by atoms with E-state index in [-0.39, 0.29) is 6.04 Å². The predicted octanol–water partition coefficient (Wildman–Crippen LogP) is 3.83. The maximum Gasteiger partial charge on any atom is 0.324 e. The standard InChI is InChI=1S/C22H24N2O4S/c25-19(24-22(27)23-17-11-7-8-12-17)15-28-21(26)20(16-9-3-1-4-10-16)29-18-13-5-2-6-14-18/h1-6,9-10,13-14,17,20H,7-8,11-12,15H2,(H2,23,24,25,27). The number of ether oxygens (including phenoxy) is 1. The van der Waals surface area contributed by atoms with Crippen LogP contribution >= 0.6 is 11.8 Å². The fraction of sp³-hybridized carbons (Fsp3) is 0.318. The van der Waals surface area contributed by atoms with Crippen molar-refractivity contribution in [3.8, 4) is 0 Å². The van der Waals surface area contributed by atoms with E-state index in [1.165, 1.54) is 11.8 Å². The number of carbonyl (C=O) groups is 3. The highest BCUT2D eigenvalue weighted by Gasteiger charge is 2.25. The molecule has 152 valence electrons. The Morgan fingerprint density at radius 1 is 0.966 bits per heavy atom. The molecule has 0 heterocycles. The molecule has 2 aromatic rings. The summed E-state index contributed by atoms with van der Waals surface area (Å²) in [6.07, 6.45) is 4.01. The number of imide groups is 1. The average Bonchev–Trinajstić information content (AvgIpc) is 3.24. The predicted molar refractivity (Wildman–Crippen MR) is 111 cm³/mol. The number of thioether (sulfide) groups is 1. The summed E-state index contributed by atoms with van der Waals surface area (Å²) in [4.78, 5) is 37.5. The molecule has 1 fully saturated rings. The lowest BCUT2D eigenvalue weighted by Crippen LogP contribution is -2.45. The molecule has 0 saturated heterocycles. The molecular weight excluding hydrogens is 388 g/mol. The van der Waals surface area contributed by atoms with Crippen LogP contribution in [-0.2, 0) is 14.3 Å². The number of esters is 1. The summed E-state index contributed by atoms with van der Waals surface area (Å²) in [5, 5.41) is 4.37. The molecule has 1 saturated carbocycles. The van der Waals surface area contributed by atoms with Gasteiger partial charge >= 0.3 is 12.0 Å². The number of benzene rings is 2. The molecular formula is C22H24N2O4S. The van der Waals surface area contributed by atoms with Gasteiger partial charge in [-0.2, -0.15) is 0 Å². The molecule has 7 heteroatoms. The van der Waals surface area contributed by atoms with Gasteiger partial charge in [0.25, 0.3) is 5.91 Å².